The van der Waals surface area contributed by atoms with Gasteiger partial charge in [-0.15, -0.1) is 0 Å². The monoisotopic (exact) mass is 990 g/mol. The number of hydrogen-bond acceptors (Lipinski definition) is 4. The lowest BCUT2D eigenvalue weighted by molar-refractivity contribution is 1.28. The van der Waals surface area contributed by atoms with Gasteiger partial charge in [-0.3, -0.25) is 9.97 Å². The highest BCUT2D eigenvalue weighted by Gasteiger charge is 2.27. The Morgan fingerprint density at radius 3 is 1.38 bits per heavy atom. The molecule has 4 nitrogen and oxygen atoms in total. The van der Waals surface area contributed by atoms with Crippen molar-refractivity contribution in [3.05, 3.63) is 279 Å². The van der Waals surface area contributed by atoms with Crippen molar-refractivity contribution in [2.45, 2.75) is 0 Å². The molecular formula is C74H46N4. The summed E-state index contributed by atoms with van der Waals surface area (Å²) >= 11 is 0. The molecule has 2 aliphatic rings. The van der Waals surface area contributed by atoms with E-state index in [1.165, 1.54) is 82.7 Å². The van der Waals surface area contributed by atoms with Gasteiger partial charge < -0.3 is 9.80 Å². The van der Waals surface area contributed by atoms with Gasteiger partial charge in [0.05, 0.1) is 16.9 Å². The molecule has 0 bridgehead atoms. The van der Waals surface area contributed by atoms with Gasteiger partial charge in [-0.25, -0.2) is 0 Å². The molecule has 362 valence electrons. The Morgan fingerprint density at radius 1 is 0.256 bits per heavy atom. The number of pyridine rings is 2. The molecule has 4 heteroatoms. The Balaban J connectivity index is 0.782. The Hall–Kier alpha value is -10.4. The average molecular weight is 991 g/mol. The molecule has 14 aromatic rings. The van der Waals surface area contributed by atoms with Gasteiger partial charge in [0, 0.05) is 57.7 Å². The van der Waals surface area contributed by atoms with Crippen molar-refractivity contribution in [3.63, 3.8) is 0 Å². The first kappa shape index (κ1) is 43.9. The van der Waals surface area contributed by atoms with Crippen molar-refractivity contribution in [3.8, 4) is 77.9 Å². The van der Waals surface area contributed by atoms with Crippen molar-refractivity contribution in [1.82, 2.24) is 9.97 Å². The second kappa shape index (κ2) is 17.6. The normalized spacial score (nSPS) is 11.8. The zero-order valence-electron chi connectivity index (χ0n) is 42.3. The predicted molar refractivity (Wildman–Crippen MR) is 327 cm³/mol. The smallest absolute Gasteiger partial charge is 0.0942 e. The minimum Gasteiger partial charge on any atom is -0.310 e. The Morgan fingerprint density at radius 2 is 0.718 bits per heavy atom. The van der Waals surface area contributed by atoms with Crippen LogP contribution in [0.2, 0.25) is 0 Å². The number of fused-ring (bicyclic) bond motifs is 8. The quantitative estimate of drug-likeness (QED) is 0.144. The van der Waals surface area contributed by atoms with Gasteiger partial charge in [0.25, 0.3) is 0 Å². The molecule has 0 unspecified atom stereocenters. The van der Waals surface area contributed by atoms with E-state index < -0.39 is 0 Å². The van der Waals surface area contributed by atoms with Gasteiger partial charge in [-0.2, -0.15) is 0 Å². The van der Waals surface area contributed by atoms with Crippen LogP contribution in [-0.2, 0) is 0 Å². The molecule has 0 saturated carbocycles. The van der Waals surface area contributed by atoms with Gasteiger partial charge >= 0.3 is 0 Å². The Labute approximate surface area is 452 Å². The molecule has 16 rings (SSSR count). The molecule has 0 spiro atoms. The molecular weight excluding hydrogens is 945 g/mol. The Kier molecular flexibility index (Phi) is 9.91. The third-order valence-electron chi connectivity index (χ3n) is 16.2. The number of hydrogen-bond donors (Lipinski definition) is 0. The SMILES string of the molecule is c1ccc(N(c2cccc(-c3ccc4c5c(cccc35)-c3ccccc3-4)c2)c2cccc3c(-c4ccc5c(c4)-c4ccc(-c6cccc(N(c7ccccc7)c7cccc8cccnc78)c6)c6cccc-5c46)cncc23)cc1. The lowest BCUT2D eigenvalue weighted by Crippen LogP contribution is -2.10. The van der Waals surface area contributed by atoms with Crippen LogP contribution >= 0.6 is 0 Å². The third kappa shape index (κ3) is 6.80. The van der Waals surface area contributed by atoms with Gasteiger partial charge in [-0.1, -0.05) is 188 Å². The molecule has 0 N–H and O–H groups in total. The molecule has 0 aliphatic heterocycles. The maximum absolute atomic E-state index is 5.01. The number of rotatable bonds is 9. The summed E-state index contributed by atoms with van der Waals surface area (Å²) in [4.78, 5) is 14.6. The molecule has 0 radical (unpaired) electrons. The van der Waals surface area contributed by atoms with Gasteiger partial charge in [0.15, 0.2) is 0 Å². The fourth-order valence-electron chi connectivity index (χ4n) is 12.8. The van der Waals surface area contributed by atoms with E-state index in [0.717, 1.165) is 72.5 Å². The van der Waals surface area contributed by atoms with Crippen LogP contribution in [0.1, 0.15) is 0 Å². The number of anilines is 6. The van der Waals surface area contributed by atoms with Crippen LogP contribution in [0.15, 0.2) is 279 Å². The highest BCUT2D eigenvalue weighted by molar-refractivity contribution is 6.21. The Bertz CT molecular complexity index is 4720. The topological polar surface area (TPSA) is 32.3 Å². The zero-order valence-corrected chi connectivity index (χ0v) is 42.3. The molecule has 0 atom stereocenters. The van der Waals surface area contributed by atoms with Crippen LogP contribution in [0.5, 0.6) is 0 Å². The van der Waals surface area contributed by atoms with E-state index >= 15 is 0 Å². The summed E-state index contributed by atoms with van der Waals surface area (Å²) in [6.07, 6.45) is 5.95. The number of benzene rings is 12. The van der Waals surface area contributed by atoms with E-state index in [2.05, 4.69) is 265 Å². The zero-order chi connectivity index (χ0) is 51.3. The standard InChI is InChI=1S/C74H46N4/c1-3-20-51(21-4-1)77(53-24-9-17-48(42-53)55-37-39-65-58-27-8-7-26-57(58)63-31-12-29-61(55)72(63)65)70-33-14-28-59-68(45-75-46-69(59)70)50-35-36-60-64-32-13-30-62-56(38-40-66(73(62)64)67(60)44-50)49-18-10-25-54(43-49)78(52-22-5-2-6-23-52)71-34-11-16-47-19-15-41-76-74(47)71/h1-46H. The average Bonchev–Trinajstić information content (AvgIpc) is 4.05. The van der Waals surface area contributed by atoms with Gasteiger partial charge in [0.1, 0.15) is 0 Å². The maximum atomic E-state index is 5.01. The maximum Gasteiger partial charge on any atom is 0.0942 e. The van der Waals surface area contributed by atoms with Gasteiger partial charge in [0.2, 0.25) is 0 Å². The van der Waals surface area contributed by atoms with E-state index in [1.54, 1.807) is 0 Å². The summed E-state index contributed by atoms with van der Waals surface area (Å²) < 4.78 is 0. The van der Waals surface area contributed by atoms with Crippen LogP contribution in [0, 0.1) is 0 Å². The molecule has 12 aromatic carbocycles. The van der Waals surface area contributed by atoms with Crippen molar-refractivity contribution in [2.24, 2.45) is 0 Å². The first-order valence-corrected chi connectivity index (χ1v) is 26.7. The number of para-hydroxylation sites is 3. The largest absolute Gasteiger partial charge is 0.310 e. The molecule has 0 saturated heterocycles. The number of nitrogens with zero attached hydrogens (tertiary/aromatic N) is 4. The second-order valence-electron chi connectivity index (χ2n) is 20.4. The molecule has 2 aromatic heterocycles. The van der Waals surface area contributed by atoms with E-state index in [-0.39, 0.29) is 0 Å². The van der Waals surface area contributed by atoms with Crippen LogP contribution in [-0.4, -0.2) is 9.97 Å². The summed E-state index contributed by atoms with van der Waals surface area (Å²) in [5.74, 6) is 0. The highest BCUT2D eigenvalue weighted by Crippen LogP contribution is 2.53. The number of aromatic nitrogens is 2. The van der Waals surface area contributed by atoms with E-state index in [9.17, 15) is 0 Å². The highest BCUT2D eigenvalue weighted by atomic mass is 15.2. The van der Waals surface area contributed by atoms with Crippen molar-refractivity contribution in [1.29, 1.82) is 0 Å². The van der Waals surface area contributed by atoms with Crippen LogP contribution in [0.25, 0.3) is 121 Å². The summed E-state index contributed by atoms with van der Waals surface area (Å²) in [6.45, 7) is 0. The van der Waals surface area contributed by atoms with E-state index in [1.807, 2.05) is 24.7 Å². The van der Waals surface area contributed by atoms with Crippen molar-refractivity contribution >= 4 is 77.3 Å². The van der Waals surface area contributed by atoms with Crippen LogP contribution < -0.4 is 9.80 Å². The van der Waals surface area contributed by atoms with E-state index in [0.29, 0.717) is 0 Å². The summed E-state index contributed by atoms with van der Waals surface area (Å²) in [7, 11) is 0. The van der Waals surface area contributed by atoms with Crippen LogP contribution in [0.3, 0.4) is 0 Å². The van der Waals surface area contributed by atoms with Crippen LogP contribution in [0.4, 0.5) is 34.1 Å². The first-order valence-electron chi connectivity index (χ1n) is 26.7. The lowest BCUT2D eigenvalue weighted by atomic mass is 9.93. The molecule has 0 amide bonds. The lowest BCUT2D eigenvalue weighted by Gasteiger charge is -2.27. The minimum absolute atomic E-state index is 0.962. The molecule has 2 heterocycles. The predicted octanol–water partition coefficient (Wildman–Crippen LogP) is 20.3. The summed E-state index contributed by atoms with van der Waals surface area (Å²) in [5.41, 5.74) is 24.6. The minimum atomic E-state index is 0.962. The molecule has 0 fully saturated rings. The second-order valence-corrected chi connectivity index (χ2v) is 20.4. The third-order valence-corrected chi connectivity index (χ3v) is 16.2. The fraction of sp³-hybridized carbons (Fsp3) is 0. The summed E-state index contributed by atoms with van der Waals surface area (Å²) in [6, 6.07) is 95.1. The fourth-order valence-corrected chi connectivity index (χ4v) is 12.8. The first-order chi connectivity index (χ1) is 38.7. The van der Waals surface area contributed by atoms with Gasteiger partial charge in [-0.05, 0) is 172 Å². The molecule has 2 aliphatic carbocycles. The molecule has 78 heavy (non-hydrogen) atoms. The van der Waals surface area contributed by atoms with Crippen molar-refractivity contribution < 1.29 is 0 Å². The van der Waals surface area contributed by atoms with E-state index in [4.69, 9.17) is 9.97 Å². The van der Waals surface area contributed by atoms with Crippen molar-refractivity contribution in [2.75, 3.05) is 9.80 Å². The summed E-state index contributed by atoms with van der Waals surface area (Å²) in [5, 5.41) is 8.44.